The van der Waals surface area contributed by atoms with E-state index in [4.69, 9.17) is 16.3 Å². The van der Waals surface area contributed by atoms with Gasteiger partial charge in [-0.05, 0) is 67.9 Å². The molecule has 1 N–H and O–H groups in total. The van der Waals surface area contributed by atoms with Crippen molar-refractivity contribution in [2.24, 2.45) is 23.2 Å². The molecule has 28 heavy (non-hydrogen) atoms. The zero-order valence-corrected chi connectivity index (χ0v) is 17.3. The van der Waals surface area contributed by atoms with Gasteiger partial charge in [-0.15, -0.1) is 0 Å². The van der Waals surface area contributed by atoms with Crippen LogP contribution in [-0.2, 0) is 9.53 Å². The van der Waals surface area contributed by atoms with E-state index in [1.165, 1.54) is 19.3 Å². The van der Waals surface area contributed by atoms with Crippen LogP contribution in [0.1, 0.15) is 50.1 Å². The van der Waals surface area contributed by atoms with Crippen molar-refractivity contribution in [1.29, 1.82) is 0 Å². The molecule has 5 heteroatoms. The number of hydrogen-bond donors (Lipinski definition) is 1. The summed E-state index contributed by atoms with van der Waals surface area (Å²) in [4.78, 5) is 15.8. The minimum absolute atomic E-state index is 0.0925. The summed E-state index contributed by atoms with van der Waals surface area (Å²) in [5.41, 5.74) is 1.02. The van der Waals surface area contributed by atoms with Gasteiger partial charge in [-0.3, -0.25) is 9.69 Å². The first-order chi connectivity index (χ1) is 13.6. The van der Waals surface area contributed by atoms with Crippen LogP contribution in [0.15, 0.2) is 24.3 Å². The largest absolute Gasteiger partial charge is 0.379 e. The number of nitrogens with zero attached hydrogens (tertiary/aromatic N) is 1. The highest BCUT2D eigenvalue weighted by Gasteiger charge is 2.54. The minimum Gasteiger partial charge on any atom is -0.379 e. The van der Waals surface area contributed by atoms with Gasteiger partial charge in [-0.1, -0.05) is 29.8 Å². The fourth-order valence-electron chi connectivity index (χ4n) is 6.84. The van der Waals surface area contributed by atoms with Crippen molar-refractivity contribution in [3.8, 4) is 0 Å². The third-order valence-electron chi connectivity index (χ3n) is 7.73. The number of amides is 1. The van der Waals surface area contributed by atoms with E-state index in [0.717, 1.165) is 73.9 Å². The molecule has 1 saturated heterocycles. The number of halogens is 1. The predicted molar refractivity (Wildman–Crippen MR) is 110 cm³/mol. The van der Waals surface area contributed by atoms with Gasteiger partial charge in [0.05, 0.1) is 19.3 Å². The summed E-state index contributed by atoms with van der Waals surface area (Å²) in [6.07, 6.45) is 7.42. The second-order valence-corrected chi connectivity index (χ2v) is 10.0. The minimum atomic E-state index is -0.0925. The number of morpholine rings is 1. The van der Waals surface area contributed by atoms with E-state index in [9.17, 15) is 4.79 Å². The maximum absolute atomic E-state index is 13.4. The molecule has 5 fully saturated rings. The fraction of sp³-hybridized carbons (Fsp3) is 0.696. The van der Waals surface area contributed by atoms with Crippen molar-refractivity contribution >= 4 is 17.5 Å². The first-order valence-corrected chi connectivity index (χ1v) is 11.4. The first kappa shape index (κ1) is 18.9. The molecular formula is C23H31ClN2O2. The maximum Gasteiger partial charge on any atom is 0.226 e. The summed E-state index contributed by atoms with van der Waals surface area (Å²) in [6.45, 7) is 3.87. The Morgan fingerprint density at radius 1 is 1.11 bits per heavy atom. The third-order valence-corrected chi connectivity index (χ3v) is 8.07. The third kappa shape index (κ3) is 3.48. The van der Waals surface area contributed by atoms with E-state index in [1.54, 1.807) is 0 Å². The molecule has 1 aromatic carbocycles. The standard InChI is InChI=1S/C23H31ClN2O2/c24-20-4-2-1-3-19(20)21(26-5-7-28-8-6-26)15-25-22(27)23-12-16-9-17(13-23)11-18(10-16)14-23/h1-4,16-18,21H,5-15H2,(H,25,27). The molecule has 1 heterocycles. The highest BCUT2D eigenvalue weighted by atomic mass is 35.5. The molecule has 0 spiro atoms. The van der Waals surface area contributed by atoms with Crippen molar-refractivity contribution < 1.29 is 9.53 Å². The molecule has 1 aliphatic heterocycles. The molecule has 5 aliphatic rings. The van der Waals surface area contributed by atoms with Crippen LogP contribution in [0, 0.1) is 23.2 Å². The SMILES string of the molecule is O=C(NCC(c1ccccc1Cl)N1CCOCC1)C12CC3CC(CC(C3)C1)C2. The van der Waals surface area contributed by atoms with E-state index < -0.39 is 0 Å². The molecule has 4 bridgehead atoms. The van der Waals surface area contributed by atoms with E-state index in [-0.39, 0.29) is 11.5 Å². The van der Waals surface area contributed by atoms with E-state index in [0.29, 0.717) is 12.5 Å². The number of hydrogen-bond acceptors (Lipinski definition) is 3. The van der Waals surface area contributed by atoms with Crippen LogP contribution in [-0.4, -0.2) is 43.7 Å². The Morgan fingerprint density at radius 3 is 2.32 bits per heavy atom. The van der Waals surface area contributed by atoms with Crippen molar-refractivity contribution in [3.63, 3.8) is 0 Å². The summed E-state index contributed by atoms with van der Waals surface area (Å²) < 4.78 is 5.54. The second kappa shape index (κ2) is 7.62. The number of carbonyl (C=O) groups is 1. The summed E-state index contributed by atoms with van der Waals surface area (Å²) >= 11 is 6.54. The van der Waals surface area contributed by atoms with Crippen molar-refractivity contribution in [3.05, 3.63) is 34.9 Å². The lowest BCUT2D eigenvalue weighted by Crippen LogP contribution is -2.54. The second-order valence-electron chi connectivity index (χ2n) is 9.59. The number of rotatable bonds is 5. The molecule has 4 aliphatic carbocycles. The predicted octanol–water partition coefficient (Wildman–Crippen LogP) is 4.05. The normalized spacial score (nSPS) is 35.7. The highest BCUT2D eigenvalue weighted by Crippen LogP contribution is 2.60. The molecule has 1 atom stereocenters. The zero-order valence-electron chi connectivity index (χ0n) is 16.5. The van der Waals surface area contributed by atoms with Gasteiger partial charge in [0.15, 0.2) is 0 Å². The molecule has 0 radical (unpaired) electrons. The molecular weight excluding hydrogens is 372 g/mol. The van der Waals surface area contributed by atoms with E-state index in [2.05, 4.69) is 16.3 Å². The molecule has 1 aromatic rings. The van der Waals surface area contributed by atoms with E-state index in [1.807, 2.05) is 18.2 Å². The molecule has 4 saturated carbocycles. The van der Waals surface area contributed by atoms with Crippen LogP contribution in [0.3, 0.4) is 0 Å². The smallest absolute Gasteiger partial charge is 0.226 e. The van der Waals surface area contributed by atoms with E-state index >= 15 is 0 Å². The van der Waals surface area contributed by atoms with Crippen LogP contribution in [0.25, 0.3) is 0 Å². The van der Waals surface area contributed by atoms with Crippen LogP contribution in [0.2, 0.25) is 5.02 Å². The van der Waals surface area contributed by atoms with Crippen LogP contribution >= 0.6 is 11.6 Å². The molecule has 1 unspecified atom stereocenters. The summed E-state index contributed by atoms with van der Waals surface area (Å²) in [5.74, 6) is 2.67. The van der Waals surface area contributed by atoms with Gasteiger partial charge in [0.2, 0.25) is 5.91 Å². The van der Waals surface area contributed by atoms with Gasteiger partial charge in [0, 0.05) is 30.1 Å². The Morgan fingerprint density at radius 2 is 1.71 bits per heavy atom. The van der Waals surface area contributed by atoms with Gasteiger partial charge in [-0.2, -0.15) is 0 Å². The number of carbonyl (C=O) groups excluding carboxylic acids is 1. The number of ether oxygens (including phenoxy) is 1. The molecule has 152 valence electrons. The first-order valence-electron chi connectivity index (χ1n) is 11.0. The number of nitrogens with one attached hydrogen (secondary N) is 1. The highest BCUT2D eigenvalue weighted by molar-refractivity contribution is 6.31. The average molecular weight is 403 g/mol. The lowest BCUT2D eigenvalue weighted by Gasteiger charge is -2.55. The monoisotopic (exact) mass is 402 g/mol. The maximum atomic E-state index is 13.4. The Labute approximate surface area is 173 Å². The van der Waals surface area contributed by atoms with Gasteiger partial charge in [-0.25, -0.2) is 0 Å². The summed E-state index contributed by atoms with van der Waals surface area (Å²) in [5, 5.41) is 4.16. The topological polar surface area (TPSA) is 41.6 Å². The van der Waals surface area contributed by atoms with Crippen LogP contribution in [0.5, 0.6) is 0 Å². The Kier molecular flexibility index (Phi) is 5.14. The zero-order chi connectivity index (χ0) is 19.1. The van der Waals surface area contributed by atoms with Gasteiger partial charge in [0.25, 0.3) is 0 Å². The lowest BCUT2D eigenvalue weighted by atomic mass is 9.49. The van der Waals surface area contributed by atoms with Crippen molar-refractivity contribution in [2.45, 2.75) is 44.6 Å². The molecule has 1 amide bonds. The molecule has 4 nitrogen and oxygen atoms in total. The fourth-order valence-corrected chi connectivity index (χ4v) is 7.10. The Balaban J connectivity index is 1.32. The van der Waals surface area contributed by atoms with Crippen LogP contribution in [0.4, 0.5) is 0 Å². The molecule has 6 rings (SSSR count). The van der Waals surface area contributed by atoms with Crippen molar-refractivity contribution in [1.82, 2.24) is 10.2 Å². The van der Waals surface area contributed by atoms with Gasteiger partial charge < -0.3 is 10.1 Å². The summed E-state index contributed by atoms with van der Waals surface area (Å²) in [6, 6.07) is 8.16. The van der Waals surface area contributed by atoms with Crippen LogP contribution < -0.4 is 5.32 Å². The van der Waals surface area contributed by atoms with Gasteiger partial charge in [0.1, 0.15) is 0 Å². The number of benzene rings is 1. The Bertz CT molecular complexity index is 696. The molecule has 0 aromatic heterocycles. The average Bonchev–Trinajstić information content (AvgIpc) is 2.69. The summed E-state index contributed by atoms with van der Waals surface area (Å²) in [7, 11) is 0. The van der Waals surface area contributed by atoms with Crippen molar-refractivity contribution in [2.75, 3.05) is 32.8 Å². The van der Waals surface area contributed by atoms with Gasteiger partial charge >= 0.3 is 0 Å². The lowest BCUT2D eigenvalue weighted by molar-refractivity contribution is -0.146. The quantitative estimate of drug-likeness (QED) is 0.807. The Hall–Kier alpha value is -1.10.